The molecule has 0 bridgehead atoms. The highest BCUT2D eigenvalue weighted by molar-refractivity contribution is 5.63. The molecule has 0 spiro atoms. The Hall–Kier alpha value is -3.41. The maximum absolute atomic E-state index is 4.66. The van der Waals surface area contributed by atoms with Crippen LogP contribution in [0.4, 0.5) is 17.3 Å². The van der Waals surface area contributed by atoms with E-state index in [1.807, 2.05) is 41.1 Å². The highest BCUT2D eigenvalue weighted by Gasteiger charge is 2.08. The molecule has 6 nitrogen and oxygen atoms in total. The van der Waals surface area contributed by atoms with Crippen molar-refractivity contribution in [3.05, 3.63) is 67.1 Å². The van der Waals surface area contributed by atoms with Crippen LogP contribution in [0.5, 0.6) is 0 Å². The molecular formula is C21H22N6. The molecule has 0 fully saturated rings. The van der Waals surface area contributed by atoms with Gasteiger partial charge in [0.25, 0.3) is 0 Å². The monoisotopic (exact) mass is 358 g/mol. The zero-order chi connectivity index (χ0) is 18.6. The van der Waals surface area contributed by atoms with Crippen molar-refractivity contribution in [3.8, 4) is 11.4 Å². The number of fused-ring (bicyclic) bond motifs is 1. The van der Waals surface area contributed by atoms with E-state index in [0.29, 0.717) is 5.95 Å². The van der Waals surface area contributed by atoms with Crippen LogP contribution in [-0.4, -0.2) is 32.4 Å². The summed E-state index contributed by atoms with van der Waals surface area (Å²) < 4.78 is 2.02. The first-order valence-electron chi connectivity index (χ1n) is 9.16. The van der Waals surface area contributed by atoms with Gasteiger partial charge in [0.1, 0.15) is 5.65 Å². The fraction of sp³-hybridized carbons (Fsp3) is 0.190. The molecule has 0 radical (unpaired) electrons. The lowest BCUT2D eigenvalue weighted by molar-refractivity contribution is 0.866. The standard InChI is InChI=1S/C21H22N6/c1-3-26(4-2)17-10-8-16(9-11-17)24-21-22-13-12-18(25-21)19-15-23-20-7-5-6-14-27(19)20/h5-15H,3-4H2,1-2H3,(H,22,24,25). The van der Waals surface area contributed by atoms with Crippen LogP contribution in [0.15, 0.2) is 67.1 Å². The molecule has 0 saturated heterocycles. The van der Waals surface area contributed by atoms with E-state index in [1.54, 1.807) is 6.20 Å². The Morgan fingerprint density at radius 3 is 2.56 bits per heavy atom. The molecule has 0 saturated carbocycles. The molecule has 136 valence electrons. The lowest BCUT2D eigenvalue weighted by Crippen LogP contribution is -2.21. The summed E-state index contributed by atoms with van der Waals surface area (Å²) in [7, 11) is 0. The summed E-state index contributed by atoms with van der Waals surface area (Å²) >= 11 is 0. The maximum atomic E-state index is 4.66. The molecule has 0 atom stereocenters. The molecule has 4 rings (SSSR count). The number of benzene rings is 1. The minimum Gasteiger partial charge on any atom is -0.372 e. The first-order valence-corrected chi connectivity index (χ1v) is 9.16. The second kappa shape index (κ2) is 7.45. The Balaban J connectivity index is 1.58. The highest BCUT2D eigenvalue weighted by Crippen LogP contribution is 2.22. The topological polar surface area (TPSA) is 58.3 Å². The van der Waals surface area contributed by atoms with E-state index in [4.69, 9.17) is 0 Å². The first-order chi connectivity index (χ1) is 13.3. The maximum Gasteiger partial charge on any atom is 0.227 e. The summed E-state index contributed by atoms with van der Waals surface area (Å²) in [4.78, 5) is 15.7. The average Bonchev–Trinajstić information content (AvgIpc) is 3.15. The molecule has 1 aromatic carbocycles. The number of nitrogens with one attached hydrogen (secondary N) is 1. The zero-order valence-electron chi connectivity index (χ0n) is 15.5. The summed E-state index contributed by atoms with van der Waals surface area (Å²) in [6, 6.07) is 16.2. The van der Waals surface area contributed by atoms with Crippen molar-refractivity contribution >= 4 is 23.0 Å². The molecular weight excluding hydrogens is 336 g/mol. The number of anilines is 3. The van der Waals surface area contributed by atoms with Gasteiger partial charge in [-0.3, -0.25) is 4.40 Å². The van der Waals surface area contributed by atoms with Crippen LogP contribution in [0, 0.1) is 0 Å². The van der Waals surface area contributed by atoms with E-state index in [9.17, 15) is 0 Å². The van der Waals surface area contributed by atoms with Gasteiger partial charge in [-0.1, -0.05) is 6.07 Å². The molecule has 0 amide bonds. The molecule has 3 aromatic heterocycles. The Morgan fingerprint density at radius 1 is 0.963 bits per heavy atom. The molecule has 0 unspecified atom stereocenters. The van der Waals surface area contributed by atoms with Crippen LogP contribution < -0.4 is 10.2 Å². The number of rotatable bonds is 6. The largest absolute Gasteiger partial charge is 0.372 e. The second-order valence-corrected chi connectivity index (χ2v) is 6.18. The van der Waals surface area contributed by atoms with Gasteiger partial charge in [0.05, 0.1) is 17.6 Å². The Kier molecular flexibility index (Phi) is 4.70. The van der Waals surface area contributed by atoms with E-state index >= 15 is 0 Å². The molecule has 6 heteroatoms. The fourth-order valence-corrected chi connectivity index (χ4v) is 3.16. The fourth-order valence-electron chi connectivity index (χ4n) is 3.16. The van der Waals surface area contributed by atoms with Crippen LogP contribution in [0.1, 0.15) is 13.8 Å². The van der Waals surface area contributed by atoms with Crippen LogP contribution in [0.25, 0.3) is 17.0 Å². The van der Waals surface area contributed by atoms with Gasteiger partial charge < -0.3 is 10.2 Å². The first kappa shape index (κ1) is 17.0. The van der Waals surface area contributed by atoms with E-state index in [1.165, 1.54) is 5.69 Å². The van der Waals surface area contributed by atoms with Gasteiger partial charge in [-0.05, 0) is 56.3 Å². The molecule has 1 N–H and O–H groups in total. The van der Waals surface area contributed by atoms with E-state index in [0.717, 1.165) is 35.8 Å². The number of hydrogen-bond donors (Lipinski definition) is 1. The number of imidazole rings is 1. The Bertz CT molecular complexity index is 1030. The number of pyridine rings is 1. The van der Waals surface area contributed by atoms with Crippen molar-refractivity contribution in [1.82, 2.24) is 19.4 Å². The predicted molar refractivity (Wildman–Crippen MR) is 110 cm³/mol. The van der Waals surface area contributed by atoms with Crippen molar-refractivity contribution in [2.75, 3.05) is 23.3 Å². The molecule has 0 aliphatic heterocycles. The quantitative estimate of drug-likeness (QED) is 0.554. The van der Waals surface area contributed by atoms with Crippen LogP contribution in [-0.2, 0) is 0 Å². The van der Waals surface area contributed by atoms with Gasteiger partial charge in [0.15, 0.2) is 0 Å². The lowest BCUT2D eigenvalue weighted by atomic mass is 10.2. The summed E-state index contributed by atoms with van der Waals surface area (Å²) in [6.07, 6.45) is 5.58. The van der Waals surface area contributed by atoms with Crippen molar-refractivity contribution in [2.24, 2.45) is 0 Å². The summed E-state index contributed by atoms with van der Waals surface area (Å²) in [5.74, 6) is 0.564. The van der Waals surface area contributed by atoms with Gasteiger partial charge in [-0.15, -0.1) is 0 Å². The minimum absolute atomic E-state index is 0.564. The SMILES string of the molecule is CCN(CC)c1ccc(Nc2nccc(-c3cnc4ccccn34)n2)cc1. The van der Waals surface area contributed by atoms with Crippen molar-refractivity contribution in [1.29, 1.82) is 0 Å². The smallest absolute Gasteiger partial charge is 0.227 e. The number of hydrogen-bond acceptors (Lipinski definition) is 5. The van der Waals surface area contributed by atoms with Crippen LogP contribution in [0.2, 0.25) is 0 Å². The van der Waals surface area contributed by atoms with Crippen LogP contribution in [0.3, 0.4) is 0 Å². The lowest BCUT2D eigenvalue weighted by Gasteiger charge is -2.21. The molecule has 4 aromatic rings. The summed E-state index contributed by atoms with van der Waals surface area (Å²) in [6.45, 7) is 6.31. The zero-order valence-corrected chi connectivity index (χ0v) is 15.5. The Labute approximate surface area is 158 Å². The van der Waals surface area contributed by atoms with Gasteiger partial charge in [0, 0.05) is 36.9 Å². The van der Waals surface area contributed by atoms with E-state index < -0.39 is 0 Å². The molecule has 0 aliphatic rings. The minimum atomic E-state index is 0.564. The molecule has 0 aliphatic carbocycles. The van der Waals surface area contributed by atoms with E-state index in [-0.39, 0.29) is 0 Å². The third kappa shape index (κ3) is 3.46. The normalized spacial score (nSPS) is 10.9. The van der Waals surface area contributed by atoms with Crippen LogP contribution >= 0.6 is 0 Å². The highest BCUT2D eigenvalue weighted by atomic mass is 15.1. The van der Waals surface area contributed by atoms with Gasteiger partial charge in [-0.25, -0.2) is 15.0 Å². The Morgan fingerprint density at radius 2 is 1.78 bits per heavy atom. The predicted octanol–water partition coefficient (Wildman–Crippen LogP) is 4.38. The summed E-state index contributed by atoms with van der Waals surface area (Å²) in [5.41, 5.74) is 4.83. The molecule has 27 heavy (non-hydrogen) atoms. The third-order valence-electron chi connectivity index (χ3n) is 4.59. The van der Waals surface area contributed by atoms with Crippen molar-refractivity contribution in [2.45, 2.75) is 13.8 Å². The number of nitrogens with zero attached hydrogens (tertiary/aromatic N) is 5. The van der Waals surface area contributed by atoms with E-state index in [2.05, 4.69) is 63.3 Å². The third-order valence-corrected chi connectivity index (χ3v) is 4.59. The number of aromatic nitrogens is 4. The van der Waals surface area contributed by atoms with Gasteiger partial charge in [-0.2, -0.15) is 0 Å². The van der Waals surface area contributed by atoms with Crippen molar-refractivity contribution in [3.63, 3.8) is 0 Å². The van der Waals surface area contributed by atoms with Gasteiger partial charge >= 0.3 is 0 Å². The average molecular weight is 358 g/mol. The molecule has 3 heterocycles. The van der Waals surface area contributed by atoms with Crippen molar-refractivity contribution < 1.29 is 0 Å². The summed E-state index contributed by atoms with van der Waals surface area (Å²) in [5, 5.41) is 3.29. The second-order valence-electron chi connectivity index (χ2n) is 6.18. The van der Waals surface area contributed by atoms with Gasteiger partial charge in [0.2, 0.25) is 5.95 Å².